The summed E-state index contributed by atoms with van der Waals surface area (Å²) >= 11 is 0. The Morgan fingerprint density at radius 1 is 0.941 bits per heavy atom. The third-order valence-corrected chi connectivity index (χ3v) is 3.72. The van der Waals surface area contributed by atoms with E-state index in [2.05, 4.69) is 20.8 Å². The van der Waals surface area contributed by atoms with Crippen molar-refractivity contribution in [3.05, 3.63) is 11.1 Å². The first-order chi connectivity index (χ1) is 8.17. The highest BCUT2D eigenvalue weighted by Crippen LogP contribution is 2.26. The molecule has 0 saturated carbocycles. The van der Waals surface area contributed by atoms with E-state index in [0.717, 1.165) is 11.9 Å². The van der Waals surface area contributed by atoms with Crippen molar-refractivity contribution in [2.45, 2.75) is 79.1 Å². The Hall–Kier alpha value is -0.590. The van der Waals surface area contributed by atoms with Gasteiger partial charge in [-0.05, 0) is 38.2 Å². The molecule has 0 aliphatic carbocycles. The monoisotopic (exact) mass is 238 g/mol. The summed E-state index contributed by atoms with van der Waals surface area (Å²) in [6.07, 6.45) is 11.3. The van der Waals surface area contributed by atoms with Crippen LogP contribution < -0.4 is 0 Å². The normalized spacial score (nSPS) is 14.4. The third-order valence-electron chi connectivity index (χ3n) is 3.72. The minimum atomic E-state index is 0.636. The van der Waals surface area contributed by atoms with Crippen LogP contribution in [-0.4, -0.2) is 6.29 Å². The van der Waals surface area contributed by atoms with Crippen molar-refractivity contribution in [1.82, 2.24) is 0 Å². The molecule has 100 valence electrons. The van der Waals surface area contributed by atoms with Gasteiger partial charge in [-0.2, -0.15) is 0 Å². The molecular weight excluding hydrogens is 208 g/mol. The molecule has 0 aromatic rings. The van der Waals surface area contributed by atoms with Crippen molar-refractivity contribution < 1.29 is 4.79 Å². The van der Waals surface area contributed by atoms with Gasteiger partial charge in [-0.25, -0.2) is 0 Å². The quantitative estimate of drug-likeness (QED) is 0.287. The Balaban J connectivity index is 4.27. The van der Waals surface area contributed by atoms with Gasteiger partial charge in [-0.1, -0.05) is 57.9 Å². The van der Waals surface area contributed by atoms with Gasteiger partial charge in [-0.15, -0.1) is 0 Å². The van der Waals surface area contributed by atoms with Crippen LogP contribution in [-0.2, 0) is 4.79 Å². The van der Waals surface area contributed by atoms with E-state index in [1.54, 1.807) is 0 Å². The molecule has 0 N–H and O–H groups in total. The molecule has 0 saturated heterocycles. The van der Waals surface area contributed by atoms with E-state index in [1.165, 1.54) is 56.9 Å². The highest BCUT2D eigenvalue weighted by atomic mass is 16.1. The Morgan fingerprint density at radius 2 is 1.53 bits per heavy atom. The zero-order valence-corrected chi connectivity index (χ0v) is 12.2. The molecule has 0 amide bonds. The van der Waals surface area contributed by atoms with Gasteiger partial charge in [-0.3, -0.25) is 4.79 Å². The van der Waals surface area contributed by atoms with Crippen molar-refractivity contribution in [2.75, 3.05) is 0 Å². The predicted molar refractivity (Wildman–Crippen MR) is 76.2 cm³/mol. The molecule has 0 aliphatic rings. The molecule has 17 heavy (non-hydrogen) atoms. The average molecular weight is 238 g/mol. The number of allylic oxidation sites excluding steroid dienone is 2. The highest BCUT2D eigenvalue weighted by molar-refractivity contribution is 5.73. The fraction of sp³-hybridized carbons (Fsp3) is 0.812. The van der Waals surface area contributed by atoms with Crippen molar-refractivity contribution >= 4 is 6.29 Å². The first-order valence-electron chi connectivity index (χ1n) is 7.29. The van der Waals surface area contributed by atoms with Crippen LogP contribution in [0.5, 0.6) is 0 Å². The fourth-order valence-electron chi connectivity index (χ4n) is 2.26. The Kier molecular flexibility index (Phi) is 10.2. The molecule has 0 aliphatic heterocycles. The number of aldehydes is 1. The van der Waals surface area contributed by atoms with E-state index in [-0.39, 0.29) is 0 Å². The van der Waals surface area contributed by atoms with E-state index < -0.39 is 0 Å². The topological polar surface area (TPSA) is 17.1 Å². The molecule has 0 spiro atoms. The molecule has 0 rings (SSSR count). The van der Waals surface area contributed by atoms with Crippen LogP contribution in [0.1, 0.15) is 79.1 Å². The number of carbonyl (C=O) groups is 1. The van der Waals surface area contributed by atoms with E-state index in [0.29, 0.717) is 5.92 Å². The second kappa shape index (κ2) is 10.6. The van der Waals surface area contributed by atoms with Crippen LogP contribution in [0.25, 0.3) is 0 Å². The van der Waals surface area contributed by atoms with Gasteiger partial charge >= 0.3 is 0 Å². The lowest BCUT2D eigenvalue weighted by atomic mass is 9.87. The Labute approximate surface area is 108 Å². The lowest BCUT2D eigenvalue weighted by Gasteiger charge is -2.18. The van der Waals surface area contributed by atoms with Crippen molar-refractivity contribution in [3.8, 4) is 0 Å². The van der Waals surface area contributed by atoms with E-state index in [9.17, 15) is 4.79 Å². The summed E-state index contributed by atoms with van der Waals surface area (Å²) in [7, 11) is 0. The average Bonchev–Trinajstić information content (AvgIpc) is 2.36. The van der Waals surface area contributed by atoms with Crippen LogP contribution in [0, 0.1) is 5.92 Å². The molecule has 0 fully saturated rings. The van der Waals surface area contributed by atoms with E-state index >= 15 is 0 Å². The first kappa shape index (κ1) is 16.4. The first-order valence-corrected chi connectivity index (χ1v) is 7.29. The molecular formula is C16H30O. The van der Waals surface area contributed by atoms with Gasteiger partial charge < -0.3 is 0 Å². The van der Waals surface area contributed by atoms with Crippen LogP contribution in [0.2, 0.25) is 0 Å². The Morgan fingerprint density at radius 3 is 2.06 bits per heavy atom. The zero-order valence-electron chi connectivity index (χ0n) is 12.2. The van der Waals surface area contributed by atoms with Crippen molar-refractivity contribution in [2.24, 2.45) is 5.92 Å². The Bertz CT molecular complexity index is 228. The molecule has 1 heteroatoms. The second-order valence-electron chi connectivity index (χ2n) is 5.17. The molecule has 0 heterocycles. The number of hydrogen-bond donors (Lipinski definition) is 0. The maximum Gasteiger partial charge on any atom is 0.145 e. The summed E-state index contributed by atoms with van der Waals surface area (Å²) in [5.74, 6) is 0.636. The maximum atomic E-state index is 10.8. The van der Waals surface area contributed by atoms with E-state index in [4.69, 9.17) is 0 Å². The molecule has 0 radical (unpaired) electrons. The molecule has 1 nitrogen and oxygen atoms in total. The largest absolute Gasteiger partial charge is 0.298 e. The predicted octanol–water partition coefficient (Wildman–Crippen LogP) is 5.30. The lowest BCUT2D eigenvalue weighted by molar-refractivity contribution is -0.104. The summed E-state index contributed by atoms with van der Waals surface area (Å²) < 4.78 is 0. The standard InChI is InChI=1S/C16H30O/c1-5-7-9-10-12-16(11-8-6-2)15(4)14(3)13-17/h13,16H,5-12H2,1-4H3. The summed E-state index contributed by atoms with van der Waals surface area (Å²) in [6, 6.07) is 0. The summed E-state index contributed by atoms with van der Waals surface area (Å²) in [6.45, 7) is 8.58. The van der Waals surface area contributed by atoms with Crippen LogP contribution in [0.3, 0.4) is 0 Å². The van der Waals surface area contributed by atoms with Crippen molar-refractivity contribution in [3.63, 3.8) is 0 Å². The van der Waals surface area contributed by atoms with Gasteiger partial charge in [0.25, 0.3) is 0 Å². The van der Waals surface area contributed by atoms with Crippen LogP contribution >= 0.6 is 0 Å². The summed E-state index contributed by atoms with van der Waals surface area (Å²) in [4.78, 5) is 10.8. The van der Waals surface area contributed by atoms with Gasteiger partial charge in [0.15, 0.2) is 0 Å². The zero-order chi connectivity index (χ0) is 13.1. The van der Waals surface area contributed by atoms with Crippen LogP contribution in [0.4, 0.5) is 0 Å². The van der Waals surface area contributed by atoms with Gasteiger partial charge in [0.1, 0.15) is 6.29 Å². The summed E-state index contributed by atoms with van der Waals surface area (Å²) in [5.41, 5.74) is 2.27. The number of hydrogen-bond acceptors (Lipinski definition) is 1. The molecule has 0 aromatic heterocycles. The highest BCUT2D eigenvalue weighted by Gasteiger charge is 2.12. The lowest BCUT2D eigenvalue weighted by Crippen LogP contribution is -2.05. The summed E-state index contributed by atoms with van der Waals surface area (Å²) in [5, 5.41) is 0. The molecule has 0 bridgehead atoms. The number of unbranched alkanes of at least 4 members (excludes halogenated alkanes) is 4. The maximum absolute atomic E-state index is 10.8. The number of carbonyl (C=O) groups excluding carboxylic acids is 1. The minimum Gasteiger partial charge on any atom is -0.298 e. The van der Waals surface area contributed by atoms with Gasteiger partial charge in [0.05, 0.1) is 0 Å². The SMILES string of the molecule is CCCCCCC(CCCC)C(C)=C(C)C=O. The molecule has 1 atom stereocenters. The molecule has 1 unspecified atom stereocenters. The fourth-order valence-corrected chi connectivity index (χ4v) is 2.26. The van der Waals surface area contributed by atoms with E-state index in [1.807, 2.05) is 6.92 Å². The third kappa shape index (κ3) is 7.36. The van der Waals surface area contributed by atoms with Gasteiger partial charge in [0.2, 0.25) is 0 Å². The minimum absolute atomic E-state index is 0.636. The van der Waals surface area contributed by atoms with Crippen LogP contribution in [0.15, 0.2) is 11.1 Å². The smallest absolute Gasteiger partial charge is 0.145 e. The molecule has 0 aromatic carbocycles. The van der Waals surface area contributed by atoms with Gasteiger partial charge in [0, 0.05) is 0 Å². The second-order valence-corrected chi connectivity index (χ2v) is 5.17. The van der Waals surface area contributed by atoms with Crippen molar-refractivity contribution in [1.29, 1.82) is 0 Å². The number of rotatable bonds is 10.